The average Bonchev–Trinajstić information content (AvgIpc) is 2.40. The number of hydrogen-bond donors (Lipinski definition) is 0. The van der Waals surface area contributed by atoms with Gasteiger partial charge in [-0.15, -0.1) is 16.7 Å². The summed E-state index contributed by atoms with van der Waals surface area (Å²) in [4.78, 5) is 6.02. The summed E-state index contributed by atoms with van der Waals surface area (Å²) in [6, 6.07) is 7.78. The van der Waals surface area contributed by atoms with Gasteiger partial charge in [0.25, 0.3) is 0 Å². The molecule has 0 aliphatic carbocycles. The zero-order valence-corrected chi connectivity index (χ0v) is 10.3. The van der Waals surface area contributed by atoms with Crippen molar-refractivity contribution < 1.29 is 0 Å². The highest BCUT2D eigenvalue weighted by atomic mass is 35.5. The maximum absolute atomic E-state index is 5.67. The van der Waals surface area contributed by atoms with Gasteiger partial charge in [-0.05, 0) is 29.8 Å². The Balaban J connectivity index is 2.06. The Bertz CT molecular complexity index is 458. The summed E-state index contributed by atoms with van der Waals surface area (Å²) in [5, 5.41) is 8.15. The van der Waals surface area contributed by atoms with E-state index in [0.717, 1.165) is 18.1 Å². The summed E-state index contributed by atoms with van der Waals surface area (Å²) in [7, 11) is 1.98. The minimum Gasteiger partial charge on any atom is -0.354 e. The second kappa shape index (κ2) is 5.59. The number of nitrogens with zero attached hydrogens (tertiary/aromatic N) is 4. The molecule has 2 aromatic heterocycles. The number of halogens is 1. The van der Waals surface area contributed by atoms with E-state index in [1.807, 2.05) is 36.2 Å². The van der Waals surface area contributed by atoms with E-state index in [0.29, 0.717) is 5.88 Å². The fraction of sp³-hybridized carbons (Fsp3) is 0.250. The van der Waals surface area contributed by atoms with Gasteiger partial charge in [-0.25, -0.2) is 0 Å². The van der Waals surface area contributed by atoms with Gasteiger partial charge in [-0.3, -0.25) is 4.98 Å². The molecule has 88 valence electrons. The summed E-state index contributed by atoms with van der Waals surface area (Å²) in [5.74, 6) is 1.22. The van der Waals surface area contributed by atoms with Gasteiger partial charge in [-0.1, -0.05) is 0 Å². The maximum atomic E-state index is 5.67. The minimum absolute atomic E-state index is 0.390. The molecule has 4 nitrogen and oxygen atoms in total. The molecule has 0 N–H and O–H groups in total. The molecule has 0 amide bonds. The SMILES string of the molecule is CN(Cc1ccncc1)c1ccc(CCl)nn1. The summed E-state index contributed by atoms with van der Waals surface area (Å²) in [6.45, 7) is 0.775. The molecular formula is C12H13ClN4. The predicted molar refractivity (Wildman–Crippen MR) is 67.9 cm³/mol. The molecule has 0 atom stereocenters. The van der Waals surface area contributed by atoms with Gasteiger partial charge in [-0.2, -0.15) is 5.10 Å². The lowest BCUT2D eigenvalue weighted by Gasteiger charge is -2.17. The molecule has 2 aromatic rings. The predicted octanol–water partition coefficient (Wildman–Crippen LogP) is 2.25. The van der Waals surface area contributed by atoms with Crippen molar-refractivity contribution in [3.8, 4) is 0 Å². The van der Waals surface area contributed by atoms with Crippen LogP contribution in [0.4, 0.5) is 5.82 Å². The summed E-state index contributed by atoms with van der Waals surface area (Å²) < 4.78 is 0. The Kier molecular flexibility index (Phi) is 3.88. The third-order valence-corrected chi connectivity index (χ3v) is 2.68. The highest BCUT2D eigenvalue weighted by Crippen LogP contribution is 2.11. The van der Waals surface area contributed by atoms with Crippen molar-refractivity contribution in [2.75, 3.05) is 11.9 Å². The van der Waals surface area contributed by atoms with E-state index >= 15 is 0 Å². The van der Waals surface area contributed by atoms with Crippen LogP contribution in [0.3, 0.4) is 0 Å². The van der Waals surface area contributed by atoms with E-state index in [4.69, 9.17) is 11.6 Å². The van der Waals surface area contributed by atoms with Crippen molar-refractivity contribution >= 4 is 17.4 Å². The van der Waals surface area contributed by atoms with Crippen LogP contribution in [0.25, 0.3) is 0 Å². The third-order valence-electron chi connectivity index (χ3n) is 2.40. The average molecular weight is 249 g/mol. The van der Waals surface area contributed by atoms with Gasteiger partial charge < -0.3 is 4.90 Å². The Labute approximate surface area is 105 Å². The Morgan fingerprint density at radius 2 is 1.88 bits per heavy atom. The molecule has 5 heteroatoms. The number of hydrogen-bond acceptors (Lipinski definition) is 4. The van der Waals surface area contributed by atoms with Crippen molar-refractivity contribution in [2.24, 2.45) is 0 Å². The molecule has 0 aliphatic heterocycles. The second-order valence-electron chi connectivity index (χ2n) is 3.73. The van der Waals surface area contributed by atoms with Crippen LogP contribution in [0.5, 0.6) is 0 Å². The molecule has 2 heterocycles. The fourth-order valence-corrected chi connectivity index (χ4v) is 1.61. The largest absolute Gasteiger partial charge is 0.354 e. The number of alkyl halides is 1. The summed E-state index contributed by atoms with van der Waals surface area (Å²) >= 11 is 5.67. The number of aromatic nitrogens is 3. The van der Waals surface area contributed by atoms with Crippen molar-refractivity contribution in [1.29, 1.82) is 0 Å². The topological polar surface area (TPSA) is 41.9 Å². The maximum Gasteiger partial charge on any atom is 0.151 e. The molecule has 0 fully saturated rings. The molecular weight excluding hydrogens is 236 g/mol. The van der Waals surface area contributed by atoms with E-state index < -0.39 is 0 Å². The molecule has 17 heavy (non-hydrogen) atoms. The van der Waals surface area contributed by atoms with Crippen LogP contribution in [0, 0.1) is 0 Å². The quantitative estimate of drug-likeness (QED) is 0.779. The van der Waals surface area contributed by atoms with Crippen LogP contribution in [0.15, 0.2) is 36.7 Å². The molecule has 0 saturated carbocycles. The lowest BCUT2D eigenvalue weighted by atomic mass is 10.2. The standard InChI is InChI=1S/C12H13ClN4/c1-17(9-10-4-6-14-7-5-10)12-3-2-11(8-13)15-16-12/h2-7H,8-9H2,1H3. The lowest BCUT2D eigenvalue weighted by molar-refractivity contribution is 0.853. The highest BCUT2D eigenvalue weighted by Gasteiger charge is 2.04. The van der Waals surface area contributed by atoms with E-state index in [1.54, 1.807) is 12.4 Å². The first kappa shape index (κ1) is 11.8. The Morgan fingerprint density at radius 1 is 1.12 bits per heavy atom. The smallest absolute Gasteiger partial charge is 0.151 e. The van der Waals surface area contributed by atoms with Gasteiger partial charge in [0.1, 0.15) is 0 Å². The van der Waals surface area contributed by atoms with Crippen molar-refractivity contribution in [3.05, 3.63) is 47.9 Å². The van der Waals surface area contributed by atoms with E-state index in [2.05, 4.69) is 15.2 Å². The van der Waals surface area contributed by atoms with Crippen LogP contribution >= 0.6 is 11.6 Å². The summed E-state index contributed by atoms with van der Waals surface area (Å²) in [6.07, 6.45) is 3.57. The minimum atomic E-state index is 0.390. The summed E-state index contributed by atoms with van der Waals surface area (Å²) in [5.41, 5.74) is 1.97. The van der Waals surface area contributed by atoms with Crippen molar-refractivity contribution in [1.82, 2.24) is 15.2 Å². The lowest BCUT2D eigenvalue weighted by Crippen LogP contribution is -2.18. The van der Waals surface area contributed by atoms with E-state index in [-0.39, 0.29) is 0 Å². The zero-order chi connectivity index (χ0) is 12.1. The third kappa shape index (κ3) is 3.14. The van der Waals surface area contributed by atoms with Gasteiger partial charge in [0.05, 0.1) is 11.6 Å². The number of anilines is 1. The van der Waals surface area contributed by atoms with Gasteiger partial charge >= 0.3 is 0 Å². The zero-order valence-electron chi connectivity index (χ0n) is 9.55. The molecule has 0 aliphatic rings. The first-order chi connectivity index (χ1) is 8.29. The van der Waals surface area contributed by atoms with Gasteiger partial charge in [0, 0.05) is 26.0 Å². The molecule has 0 spiro atoms. The van der Waals surface area contributed by atoms with Crippen LogP contribution < -0.4 is 4.90 Å². The first-order valence-corrected chi connectivity index (χ1v) is 5.81. The van der Waals surface area contributed by atoms with Crippen molar-refractivity contribution in [3.63, 3.8) is 0 Å². The Hall–Kier alpha value is -1.68. The molecule has 0 bridgehead atoms. The molecule has 0 radical (unpaired) electrons. The van der Waals surface area contributed by atoms with E-state index in [1.165, 1.54) is 5.56 Å². The Morgan fingerprint density at radius 3 is 2.47 bits per heavy atom. The molecule has 0 aromatic carbocycles. The van der Waals surface area contributed by atoms with Gasteiger partial charge in [0.15, 0.2) is 5.82 Å². The first-order valence-electron chi connectivity index (χ1n) is 5.28. The van der Waals surface area contributed by atoms with E-state index in [9.17, 15) is 0 Å². The molecule has 0 unspecified atom stereocenters. The monoisotopic (exact) mass is 248 g/mol. The number of rotatable bonds is 4. The second-order valence-corrected chi connectivity index (χ2v) is 4.00. The molecule has 2 rings (SSSR count). The van der Waals surface area contributed by atoms with Gasteiger partial charge in [0.2, 0.25) is 0 Å². The van der Waals surface area contributed by atoms with Crippen LogP contribution in [-0.2, 0) is 12.4 Å². The normalized spacial score (nSPS) is 10.2. The van der Waals surface area contributed by atoms with Crippen molar-refractivity contribution in [2.45, 2.75) is 12.4 Å². The van der Waals surface area contributed by atoms with Crippen LogP contribution in [0.2, 0.25) is 0 Å². The fourth-order valence-electron chi connectivity index (χ4n) is 1.47. The highest BCUT2D eigenvalue weighted by molar-refractivity contribution is 6.16. The van der Waals surface area contributed by atoms with Crippen LogP contribution in [0.1, 0.15) is 11.3 Å². The molecule has 0 saturated heterocycles. The number of pyridine rings is 1. The van der Waals surface area contributed by atoms with Crippen LogP contribution in [-0.4, -0.2) is 22.2 Å².